The lowest BCUT2D eigenvalue weighted by atomic mass is 9.96. The maximum absolute atomic E-state index is 12.7. The molecular weight excluding hydrogens is 342 g/mol. The quantitative estimate of drug-likeness (QED) is 0.704. The van der Waals surface area contributed by atoms with Crippen molar-refractivity contribution in [3.63, 3.8) is 0 Å². The molecule has 4 heterocycles. The van der Waals surface area contributed by atoms with E-state index in [1.807, 2.05) is 35.7 Å². The van der Waals surface area contributed by atoms with Gasteiger partial charge in [-0.05, 0) is 31.9 Å². The topological polar surface area (TPSA) is 81.7 Å². The molecule has 0 radical (unpaired) electrons. The minimum Gasteiger partial charge on any atom is -0.338 e. The number of imidazole rings is 1. The van der Waals surface area contributed by atoms with Crippen LogP contribution in [0.15, 0.2) is 36.9 Å². The van der Waals surface area contributed by atoms with Crippen molar-refractivity contribution in [2.45, 2.75) is 32.2 Å². The number of rotatable bonds is 4. The fourth-order valence-corrected chi connectivity index (χ4v) is 3.64. The highest BCUT2D eigenvalue weighted by Crippen LogP contribution is 2.26. The summed E-state index contributed by atoms with van der Waals surface area (Å²) in [5.74, 6) is 3.00. The van der Waals surface area contributed by atoms with Gasteiger partial charge in [0.1, 0.15) is 11.6 Å². The van der Waals surface area contributed by atoms with Crippen molar-refractivity contribution in [3.05, 3.63) is 60.0 Å². The fraction of sp³-hybridized carbons (Fsp3) is 0.421. The highest BCUT2D eigenvalue weighted by atomic mass is 16.2. The summed E-state index contributed by atoms with van der Waals surface area (Å²) in [6, 6.07) is 3.61. The zero-order valence-electron chi connectivity index (χ0n) is 15.6. The maximum atomic E-state index is 12.7. The van der Waals surface area contributed by atoms with Gasteiger partial charge in [-0.15, -0.1) is 10.2 Å². The van der Waals surface area contributed by atoms with Crippen molar-refractivity contribution in [3.8, 4) is 0 Å². The first kappa shape index (κ1) is 17.4. The molecule has 1 fully saturated rings. The van der Waals surface area contributed by atoms with Crippen LogP contribution in [0.5, 0.6) is 0 Å². The maximum Gasteiger partial charge on any atom is 0.255 e. The van der Waals surface area contributed by atoms with E-state index in [2.05, 4.69) is 24.7 Å². The third-order valence-electron chi connectivity index (χ3n) is 5.22. The van der Waals surface area contributed by atoms with Gasteiger partial charge in [0.25, 0.3) is 5.91 Å². The zero-order chi connectivity index (χ0) is 18.8. The van der Waals surface area contributed by atoms with E-state index >= 15 is 0 Å². The fourth-order valence-electron chi connectivity index (χ4n) is 3.64. The van der Waals surface area contributed by atoms with Crippen LogP contribution in [0.1, 0.15) is 46.6 Å². The molecule has 1 atom stereocenters. The normalized spacial score (nSPS) is 17.3. The van der Waals surface area contributed by atoms with Crippen LogP contribution in [0.3, 0.4) is 0 Å². The highest BCUT2D eigenvalue weighted by molar-refractivity contribution is 5.93. The van der Waals surface area contributed by atoms with Crippen molar-refractivity contribution < 1.29 is 4.79 Å². The van der Waals surface area contributed by atoms with E-state index < -0.39 is 0 Å². The third kappa shape index (κ3) is 3.47. The number of likely N-dealkylation sites (tertiary alicyclic amines) is 1. The number of aryl methyl sites for hydroxylation is 1. The molecule has 4 rings (SSSR count). The second-order valence-electron chi connectivity index (χ2n) is 6.97. The third-order valence-corrected chi connectivity index (χ3v) is 5.22. The van der Waals surface area contributed by atoms with Gasteiger partial charge in [-0.25, -0.2) is 4.98 Å². The summed E-state index contributed by atoms with van der Waals surface area (Å²) in [6.45, 7) is 4.04. The molecule has 3 aromatic rings. The average Bonchev–Trinajstić information content (AvgIpc) is 3.28. The molecule has 1 aliphatic heterocycles. The second-order valence-corrected chi connectivity index (χ2v) is 6.97. The molecule has 8 nitrogen and oxygen atoms in total. The number of piperidine rings is 1. The molecule has 0 aliphatic carbocycles. The average molecular weight is 365 g/mol. The Labute approximate surface area is 157 Å². The van der Waals surface area contributed by atoms with Crippen LogP contribution in [0.25, 0.3) is 0 Å². The molecule has 1 saturated heterocycles. The molecular formula is C19H23N7O. The Morgan fingerprint density at radius 1 is 1.30 bits per heavy atom. The lowest BCUT2D eigenvalue weighted by Crippen LogP contribution is -2.39. The van der Waals surface area contributed by atoms with E-state index in [1.54, 1.807) is 24.7 Å². The van der Waals surface area contributed by atoms with Crippen molar-refractivity contribution in [2.75, 3.05) is 13.1 Å². The Morgan fingerprint density at radius 3 is 2.93 bits per heavy atom. The van der Waals surface area contributed by atoms with Gasteiger partial charge in [0.15, 0.2) is 5.82 Å². The van der Waals surface area contributed by atoms with Gasteiger partial charge in [0, 0.05) is 50.8 Å². The summed E-state index contributed by atoms with van der Waals surface area (Å²) in [5, 5.41) is 8.83. The van der Waals surface area contributed by atoms with Crippen molar-refractivity contribution in [1.29, 1.82) is 0 Å². The van der Waals surface area contributed by atoms with Crippen LogP contribution in [0, 0.1) is 6.92 Å². The summed E-state index contributed by atoms with van der Waals surface area (Å²) in [5.41, 5.74) is 0.632. The standard InChI is InChI=1S/C19H23N7O/c1-14-21-8-10-25(14)13-17-22-23-18(24(17)2)16-6-4-9-26(12-16)19(27)15-5-3-7-20-11-15/h3,5,7-8,10-11,16H,4,6,9,12-13H2,1-2H3. The molecule has 140 valence electrons. The largest absolute Gasteiger partial charge is 0.338 e. The first-order valence-corrected chi connectivity index (χ1v) is 9.18. The van der Waals surface area contributed by atoms with Crippen LogP contribution < -0.4 is 0 Å². The van der Waals surface area contributed by atoms with Gasteiger partial charge in [-0.2, -0.15) is 0 Å². The van der Waals surface area contributed by atoms with Crippen molar-refractivity contribution in [2.24, 2.45) is 7.05 Å². The number of pyridine rings is 1. The van der Waals surface area contributed by atoms with Crippen molar-refractivity contribution in [1.82, 2.24) is 34.2 Å². The Balaban J connectivity index is 1.50. The summed E-state index contributed by atoms with van der Waals surface area (Å²) < 4.78 is 4.11. The lowest BCUT2D eigenvalue weighted by Gasteiger charge is -2.32. The molecule has 1 aliphatic rings. The molecule has 3 aromatic heterocycles. The predicted molar refractivity (Wildman–Crippen MR) is 99.2 cm³/mol. The number of carbonyl (C=O) groups excluding carboxylic acids is 1. The van der Waals surface area contributed by atoms with E-state index in [9.17, 15) is 4.79 Å². The van der Waals surface area contributed by atoms with Gasteiger partial charge < -0.3 is 14.0 Å². The van der Waals surface area contributed by atoms with E-state index in [1.165, 1.54) is 0 Å². The Hall–Kier alpha value is -3.03. The predicted octanol–water partition coefficient (Wildman–Crippen LogP) is 1.78. The Kier molecular flexibility index (Phi) is 4.70. The molecule has 0 aromatic carbocycles. The highest BCUT2D eigenvalue weighted by Gasteiger charge is 2.29. The van der Waals surface area contributed by atoms with E-state index in [-0.39, 0.29) is 11.8 Å². The van der Waals surface area contributed by atoms with Gasteiger partial charge >= 0.3 is 0 Å². The summed E-state index contributed by atoms with van der Waals surface area (Å²) >= 11 is 0. The number of nitrogens with zero attached hydrogens (tertiary/aromatic N) is 7. The SMILES string of the molecule is Cc1nccn1Cc1nnc(C2CCCN(C(=O)c3cccnc3)C2)n1C. The smallest absolute Gasteiger partial charge is 0.255 e. The minimum atomic E-state index is 0.0317. The van der Waals surface area contributed by atoms with Gasteiger partial charge in [-0.3, -0.25) is 9.78 Å². The number of hydrogen-bond donors (Lipinski definition) is 0. The van der Waals surface area contributed by atoms with Gasteiger partial charge in [-0.1, -0.05) is 0 Å². The minimum absolute atomic E-state index is 0.0317. The number of carbonyl (C=O) groups is 1. The Bertz CT molecular complexity index is 931. The van der Waals surface area contributed by atoms with Crippen LogP contribution in [0.4, 0.5) is 0 Å². The monoisotopic (exact) mass is 365 g/mol. The summed E-state index contributed by atoms with van der Waals surface area (Å²) in [4.78, 5) is 23.0. The molecule has 1 unspecified atom stereocenters. The van der Waals surface area contributed by atoms with E-state index in [0.717, 1.165) is 36.9 Å². The number of hydrogen-bond acceptors (Lipinski definition) is 5. The molecule has 0 saturated carbocycles. The first-order valence-electron chi connectivity index (χ1n) is 9.18. The molecule has 0 spiro atoms. The first-order chi connectivity index (χ1) is 13.1. The second kappa shape index (κ2) is 7.30. The van der Waals surface area contributed by atoms with Crippen LogP contribution >= 0.6 is 0 Å². The molecule has 1 amide bonds. The molecule has 8 heteroatoms. The van der Waals surface area contributed by atoms with Gasteiger partial charge in [0.2, 0.25) is 0 Å². The van der Waals surface area contributed by atoms with Gasteiger partial charge in [0.05, 0.1) is 12.1 Å². The van der Waals surface area contributed by atoms with Crippen LogP contribution in [-0.2, 0) is 13.6 Å². The van der Waals surface area contributed by atoms with Crippen LogP contribution in [-0.4, -0.2) is 53.2 Å². The van der Waals surface area contributed by atoms with E-state index in [4.69, 9.17) is 0 Å². The number of aromatic nitrogens is 6. The number of amides is 1. The molecule has 0 N–H and O–H groups in total. The van der Waals surface area contributed by atoms with Crippen molar-refractivity contribution >= 4 is 5.91 Å². The molecule has 27 heavy (non-hydrogen) atoms. The summed E-state index contributed by atoms with van der Waals surface area (Å²) in [7, 11) is 2.00. The Morgan fingerprint density at radius 2 is 2.19 bits per heavy atom. The molecule has 0 bridgehead atoms. The summed E-state index contributed by atoms with van der Waals surface area (Å²) in [6.07, 6.45) is 9.00. The zero-order valence-corrected chi connectivity index (χ0v) is 15.6. The lowest BCUT2D eigenvalue weighted by molar-refractivity contribution is 0.0703. The van der Waals surface area contributed by atoms with Crippen LogP contribution in [0.2, 0.25) is 0 Å². The van der Waals surface area contributed by atoms with E-state index in [0.29, 0.717) is 18.7 Å².